The summed E-state index contributed by atoms with van der Waals surface area (Å²) >= 11 is 7.05. The minimum absolute atomic E-state index is 0.0161. The van der Waals surface area contributed by atoms with Crippen LogP contribution in [0, 0.1) is 0 Å². The van der Waals surface area contributed by atoms with Crippen molar-refractivity contribution in [3.8, 4) is 0 Å². The topological polar surface area (TPSA) is 80.0 Å². The third-order valence-corrected chi connectivity index (χ3v) is 7.16. The second-order valence-corrected chi connectivity index (χ2v) is 9.80. The fraction of sp³-hybridized carbons (Fsp3) is 0.292. The second kappa shape index (κ2) is 9.89. The van der Waals surface area contributed by atoms with Crippen molar-refractivity contribution in [1.29, 1.82) is 0 Å². The van der Waals surface area contributed by atoms with Crippen LogP contribution in [-0.2, 0) is 22.3 Å². The maximum atomic E-state index is 13.5. The van der Waals surface area contributed by atoms with Crippen molar-refractivity contribution in [1.82, 2.24) is 14.7 Å². The van der Waals surface area contributed by atoms with Crippen LogP contribution in [0.25, 0.3) is 17.0 Å². The zero-order valence-corrected chi connectivity index (χ0v) is 20.3. The van der Waals surface area contributed by atoms with Crippen LogP contribution in [-0.4, -0.2) is 63.3 Å². The summed E-state index contributed by atoms with van der Waals surface area (Å²) in [7, 11) is 0. The molecule has 1 N–H and O–H groups in total. The molecule has 0 aliphatic carbocycles. The number of ether oxygens (including phenoxy) is 1. The molecule has 1 fully saturated rings. The van der Waals surface area contributed by atoms with Gasteiger partial charge in [0, 0.05) is 23.5 Å². The van der Waals surface area contributed by atoms with Gasteiger partial charge in [0.25, 0.3) is 5.91 Å². The highest BCUT2D eigenvalue weighted by molar-refractivity contribution is 8.18. The Morgan fingerprint density at radius 1 is 1.25 bits per heavy atom. The Morgan fingerprint density at radius 2 is 2.08 bits per heavy atom. The number of hydrogen-bond donors (Lipinski definition) is 1. The van der Waals surface area contributed by atoms with Crippen LogP contribution in [0.1, 0.15) is 16.7 Å². The summed E-state index contributed by atoms with van der Waals surface area (Å²) in [5, 5.41) is 14.9. The number of aliphatic hydroxyl groups is 1. The molecule has 0 spiro atoms. The highest BCUT2D eigenvalue weighted by atomic mass is 35.5. The fourth-order valence-corrected chi connectivity index (χ4v) is 5.24. The van der Waals surface area contributed by atoms with E-state index in [1.807, 2.05) is 11.0 Å². The summed E-state index contributed by atoms with van der Waals surface area (Å²) in [6.45, 7) is 1.30. The minimum atomic E-state index is -4.53. The summed E-state index contributed by atoms with van der Waals surface area (Å²) in [5.74, 6) is -0.347. The predicted molar refractivity (Wildman–Crippen MR) is 132 cm³/mol. The first-order valence-corrected chi connectivity index (χ1v) is 12.2. The number of amidine groups is 1. The van der Waals surface area contributed by atoms with Gasteiger partial charge < -0.3 is 14.7 Å². The van der Waals surface area contributed by atoms with Gasteiger partial charge in [-0.3, -0.25) is 9.48 Å². The van der Waals surface area contributed by atoms with Crippen LogP contribution in [0.3, 0.4) is 0 Å². The molecule has 0 radical (unpaired) electrons. The molecule has 1 amide bonds. The van der Waals surface area contributed by atoms with E-state index >= 15 is 0 Å². The summed E-state index contributed by atoms with van der Waals surface area (Å²) in [5.41, 5.74) is 0.670. The highest BCUT2D eigenvalue weighted by Gasteiger charge is 2.34. The Bertz CT molecular complexity index is 1390. The number of halogens is 4. The molecule has 12 heteroatoms. The maximum Gasteiger partial charge on any atom is 0.416 e. The molecular weight excluding hydrogens is 517 g/mol. The number of alkyl halides is 3. The second-order valence-electron chi connectivity index (χ2n) is 8.35. The molecule has 1 saturated heterocycles. The molecule has 1 aromatic heterocycles. The number of carbonyl (C=O) groups is 1. The van der Waals surface area contributed by atoms with Crippen molar-refractivity contribution in [2.75, 3.05) is 26.3 Å². The van der Waals surface area contributed by atoms with Crippen LogP contribution in [0.2, 0.25) is 5.02 Å². The van der Waals surface area contributed by atoms with E-state index in [4.69, 9.17) is 16.3 Å². The molecule has 2 aromatic carbocycles. The zero-order chi connectivity index (χ0) is 25.4. The van der Waals surface area contributed by atoms with Crippen molar-refractivity contribution in [3.05, 3.63) is 69.2 Å². The third-order valence-electron chi connectivity index (χ3n) is 5.88. The molecule has 0 bridgehead atoms. The SMILES string of the molecule is O=C1N=C(N2CCOC(CO)C2)SC1=Cc1ccc2c(cnn2Cc2ccc(Cl)cc2C(F)(F)F)c1. The number of nitrogens with zero attached hydrogens (tertiary/aromatic N) is 4. The van der Waals surface area contributed by atoms with Crippen molar-refractivity contribution in [2.24, 2.45) is 4.99 Å². The maximum absolute atomic E-state index is 13.5. The van der Waals surface area contributed by atoms with Gasteiger partial charge in [-0.1, -0.05) is 23.7 Å². The lowest BCUT2D eigenvalue weighted by Gasteiger charge is -2.32. The van der Waals surface area contributed by atoms with Gasteiger partial charge in [0.15, 0.2) is 5.17 Å². The molecular formula is C24H20ClF3N4O3S. The average Bonchev–Trinajstić information content (AvgIpc) is 3.42. The quantitative estimate of drug-likeness (QED) is 0.497. The van der Waals surface area contributed by atoms with Gasteiger partial charge in [-0.2, -0.15) is 23.3 Å². The number of thioether (sulfide) groups is 1. The van der Waals surface area contributed by atoms with Crippen LogP contribution in [0.5, 0.6) is 0 Å². The van der Waals surface area contributed by atoms with Gasteiger partial charge in [-0.25, -0.2) is 0 Å². The molecule has 3 aromatic rings. The molecule has 1 unspecified atom stereocenters. The van der Waals surface area contributed by atoms with Crippen LogP contribution < -0.4 is 0 Å². The lowest BCUT2D eigenvalue weighted by Crippen LogP contribution is -2.45. The Balaban J connectivity index is 1.35. The van der Waals surface area contributed by atoms with Crippen molar-refractivity contribution < 1.29 is 27.8 Å². The van der Waals surface area contributed by atoms with Crippen molar-refractivity contribution >= 4 is 51.4 Å². The number of aliphatic hydroxyl groups excluding tert-OH is 1. The van der Waals surface area contributed by atoms with E-state index < -0.39 is 11.7 Å². The molecule has 36 heavy (non-hydrogen) atoms. The fourth-order valence-electron chi connectivity index (χ4n) is 4.12. The van der Waals surface area contributed by atoms with E-state index in [0.29, 0.717) is 35.3 Å². The number of morpholine rings is 1. The van der Waals surface area contributed by atoms with Gasteiger partial charge >= 0.3 is 6.18 Å². The first-order chi connectivity index (χ1) is 17.2. The Hall–Kier alpha value is -2.86. The monoisotopic (exact) mass is 536 g/mol. The van der Waals surface area contributed by atoms with E-state index in [1.165, 1.54) is 28.6 Å². The summed E-state index contributed by atoms with van der Waals surface area (Å²) in [4.78, 5) is 19.0. The number of benzene rings is 2. The Morgan fingerprint density at radius 3 is 2.86 bits per heavy atom. The standard InChI is InChI=1S/C24H20ClF3N4O3S/c25-17-3-2-15(19(9-17)24(26,27)28)11-32-20-4-1-14(7-16(20)10-29-32)8-21-22(34)30-23(36-21)31-5-6-35-18(12-31)13-33/h1-4,7-10,18,33H,5-6,11-13H2. The van der Waals surface area contributed by atoms with E-state index in [1.54, 1.807) is 24.4 Å². The summed E-state index contributed by atoms with van der Waals surface area (Å²) in [6, 6.07) is 9.06. The predicted octanol–water partition coefficient (Wildman–Crippen LogP) is 4.42. The summed E-state index contributed by atoms with van der Waals surface area (Å²) < 4.78 is 47.4. The number of carbonyl (C=O) groups excluding carboxylic acids is 1. The number of rotatable bonds is 4. The lowest BCUT2D eigenvalue weighted by atomic mass is 10.1. The van der Waals surface area contributed by atoms with Gasteiger partial charge in [-0.15, -0.1) is 0 Å². The lowest BCUT2D eigenvalue weighted by molar-refractivity contribution is -0.138. The van der Waals surface area contributed by atoms with E-state index in [-0.39, 0.29) is 35.7 Å². The van der Waals surface area contributed by atoms with E-state index in [9.17, 15) is 23.1 Å². The molecule has 7 nitrogen and oxygen atoms in total. The first-order valence-electron chi connectivity index (χ1n) is 11.0. The molecule has 2 aliphatic rings. The Labute approximate surface area is 213 Å². The van der Waals surface area contributed by atoms with Crippen molar-refractivity contribution in [2.45, 2.75) is 18.8 Å². The number of fused-ring (bicyclic) bond motifs is 1. The van der Waals surface area contributed by atoms with E-state index in [2.05, 4.69) is 10.1 Å². The minimum Gasteiger partial charge on any atom is -0.394 e. The smallest absolute Gasteiger partial charge is 0.394 e. The van der Waals surface area contributed by atoms with Crippen molar-refractivity contribution in [3.63, 3.8) is 0 Å². The van der Waals surface area contributed by atoms with Crippen LogP contribution in [0.15, 0.2) is 52.5 Å². The molecule has 0 saturated carbocycles. The largest absolute Gasteiger partial charge is 0.416 e. The molecule has 3 heterocycles. The first kappa shape index (κ1) is 24.8. The van der Waals surface area contributed by atoms with Gasteiger partial charge in [0.1, 0.15) is 0 Å². The van der Waals surface area contributed by atoms with Crippen LogP contribution >= 0.6 is 23.4 Å². The van der Waals surface area contributed by atoms with E-state index in [0.717, 1.165) is 17.0 Å². The van der Waals surface area contributed by atoms with Crippen LogP contribution in [0.4, 0.5) is 13.2 Å². The van der Waals surface area contributed by atoms with Gasteiger partial charge in [0.05, 0.1) is 48.0 Å². The Kier molecular flexibility index (Phi) is 6.82. The summed E-state index contributed by atoms with van der Waals surface area (Å²) in [6.07, 6.45) is -1.54. The van der Waals surface area contributed by atoms with Gasteiger partial charge in [-0.05, 0) is 53.2 Å². The molecule has 1 atom stereocenters. The molecule has 5 rings (SSSR count). The average molecular weight is 537 g/mol. The number of aliphatic imine (C=N–C) groups is 1. The number of aromatic nitrogens is 2. The third kappa shape index (κ3) is 5.15. The normalized spacial score (nSPS) is 20.0. The number of hydrogen-bond acceptors (Lipinski definition) is 6. The highest BCUT2D eigenvalue weighted by Crippen LogP contribution is 2.35. The molecule has 188 valence electrons. The zero-order valence-electron chi connectivity index (χ0n) is 18.7. The van der Waals surface area contributed by atoms with Gasteiger partial charge in [0.2, 0.25) is 0 Å². The molecule has 2 aliphatic heterocycles. The number of amides is 1.